The van der Waals surface area contributed by atoms with Crippen LogP contribution in [0.25, 0.3) is 16.8 Å². The molecule has 3 rings (SSSR count). The Hall–Kier alpha value is -2.44. The third kappa shape index (κ3) is 5.58. The quantitative estimate of drug-likeness (QED) is 0.513. The molecule has 0 radical (unpaired) electrons. The molecule has 160 valence electrons. The van der Waals surface area contributed by atoms with Crippen molar-refractivity contribution in [3.63, 3.8) is 0 Å². The molecule has 1 N–H and O–H groups in total. The molecule has 2 aromatic carbocycles. The summed E-state index contributed by atoms with van der Waals surface area (Å²) >= 11 is 0. The van der Waals surface area contributed by atoms with Gasteiger partial charge in [0.2, 0.25) is 0 Å². The van der Waals surface area contributed by atoms with Gasteiger partial charge in [-0.1, -0.05) is 18.2 Å². The van der Waals surface area contributed by atoms with Gasteiger partial charge in [-0.2, -0.15) is 5.26 Å². The maximum atomic E-state index is 12.4. The van der Waals surface area contributed by atoms with Crippen LogP contribution in [-0.2, 0) is 14.8 Å². The summed E-state index contributed by atoms with van der Waals surface area (Å²) in [5.74, 6) is 0. The first-order valence-corrected chi connectivity index (χ1v) is 11.5. The largest absolute Gasteiger partial charge is 0.385 e. The van der Waals surface area contributed by atoms with Crippen LogP contribution in [0.15, 0.2) is 41.3 Å². The second kappa shape index (κ2) is 10.0. The molecule has 8 heteroatoms. The number of methoxy groups -OCH3 is 1. The van der Waals surface area contributed by atoms with E-state index < -0.39 is 10.0 Å². The number of hydrogen-bond acceptors (Lipinski definition) is 6. The summed E-state index contributed by atoms with van der Waals surface area (Å²) < 4.78 is 32.1. The number of fused-ring (bicyclic) bond motifs is 1. The Morgan fingerprint density at radius 1 is 1.17 bits per heavy atom. The molecule has 1 aliphatic rings. The number of ether oxygens (including phenoxy) is 1. The lowest BCUT2D eigenvalue weighted by Crippen LogP contribution is -2.44. The average Bonchev–Trinajstić information content (AvgIpc) is 2.75. The molecule has 7 nitrogen and oxygen atoms in total. The van der Waals surface area contributed by atoms with Gasteiger partial charge < -0.3 is 14.5 Å². The Morgan fingerprint density at radius 2 is 1.87 bits per heavy atom. The molecular formula is C22H28N4O3S. The molecule has 0 bridgehead atoms. The summed E-state index contributed by atoms with van der Waals surface area (Å²) in [5.41, 5.74) is 1.87. The number of rotatable bonds is 8. The van der Waals surface area contributed by atoms with Gasteiger partial charge in [-0.25, -0.2) is 13.1 Å². The lowest BCUT2D eigenvalue weighted by atomic mass is 10.1. The maximum Gasteiger partial charge on any atom is 0.250 e. The molecular weight excluding hydrogens is 400 g/mol. The SMILES string of the molecule is COCCCNS(=O)(=O)/C(C#N)=C/c1ccc2cc(N3CCN(C)CC3)ccc2c1. The van der Waals surface area contributed by atoms with E-state index in [0.717, 1.165) is 37.0 Å². The molecule has 0 aliphatic carbocycles. The van der Waals surface area contributed by atoms with Gasteiger partial charge in [0.1, 0.15) is 6.07 Å². The number of nitrogens with one attached hydrogen (secondary N) is 1. The number of nitriles is 1. The van der Waals surface area contributed by atoms with E-state index in [-0.39, 0.29) is 11.4 Å². The van der Waals surface area contributed by atoms with Gasteiger partial charge in [-0.3, -0.25) is 0 Å². The van der Waals surface area contributed by atoms with Crippen molar-refractivity contribution in [2.45, 2.75) is 6.42 Å². The highest BCUT2D eigenvalue weighted by molar-refractivity contribution is 7.93. The Bertz CT molecular complexity index is 1050. The van der Waals surface area contributed by atoms with Gasteiger partial charge in [0, 0.05) is 52.1 Å². The number of likely N-dealkylation sites (N-methyl/N-ethyl adjacent to an activating group) is 1. The van der Waals surface area contributed by atoms with Gasteiger partial charge in [-0.05, 0) is 54.1 Å². The minimum atomic E-state index is -3.85. The molecule has 0 aromatic heterocycles. The van der Waals surface area contributed by atoms with Gasteiger partial charge in [-0.15, -0.1) is 0 Å². The van der Waals surface area contributed by atoms with Crippen molar-refractivity contribution < 1.29 is 13.2 Å². The highest BCUT2D eigenvalue weighted by atomic mass is 32.2. The third-order valence-electron chi connectivity index (χ3n) is 5.23. The summed E-state index contributed by atoms with van der Waals surface area (Å²) in [6, 6.07) is 13.8. The minimum Gasteiger partial charge on any atom is -0.385 e. The van der Waals surface area contributed by atoms with Crippen LogP contribution in [-0.4, -0.2) is 66.8 Å². The molecule has 1 heterocycles. The first-order valence-electron chi connectivity index (χ1n) is 10.0. The molecule has 30 heavy (non-hydrogen) atoms. The molecule has 0 amide bonds. The van der Waals surface area contributed by atoms with E-state index in [1.165, 1.54) is 11.8 Å². The van der Waals surface area contributed by atoms with Crippen molar-refractivity contribution in [3.05, 3.63) is 46.9 Å². The van der Waals surface area contributed by atoms with E-state index in [0.29, 0.717) is 18.6 Å². The van der Waals surface area contributed by atoms with Crippen LogP contribution >= 0.6 is 0 Å². The van der Waals surface area contributed by atoms with Crippen LogP contribution in [0, 0.1) is 11.3 Å². The predicted octanol–water partition coefficient (Wildman–Crippen LogP) is 2.41. The highest BCUT2D eigenvalue weighted by Crippen LogP contribution is 2.25. The fraction of sp³-hybridized carbons (Fsp3) is 0.409. The van der Waals surface area contributed by atoms with Crippen molar-refractivity contribution >= 4 is 32.6 Å². The van der Waals surface area contributed by atoms with E-state index in [9.17, 15) is 13.7 Å². The van der Waals surface area contributed by atoms with Crippen LogP contribution in [0.1, 0.15) is 12.0 Å². The van der Waals surface area contributed by atoms with Gasteiger partial charge in [0.15, 0.2) is 4.91 Å². The topological polar surface area (TPSA) is 85.7 Å². The summed E-state index contributed by atoms with van der Waals surface area (Å²) in [4.78, 5) is 4.40. The number of benzene rings is 2. The van der Waals surface area contributed by atoms with Gasteiger partial charge in [0.05, 0.1) is 0 Å². The first kappa shape index (κ1) is 22.2. The lowest BCUT2D eigenvalue weighted by molar-refractivity contribution is 0.196. The van der Waals surface area contributed by atoms with Crippen LogP contribution in [0.2, 0.25) is 0 Å². The Morgan fingerprint density at radius 3 is 2.57 bits per heavy atom. The summed E-state index contributed by atoms with van der Waals surface area (Å²) in [6.45, 7) is 4.78. The Balaban J connectivity index is 1.79. The fourth-order valence-corrected chi connectivity index (χ4v) is 4.40. The Labute approximate surface area is 178 Å². The van der Waals surface area contributed by atoms with E-state index in [4.69, 9.17) is 4.74 Å². The number of hydrogen-bond donors (Lipinski definition) is 1. The van der Waals surface area contributed by atoms with Crippen molar-refractivity contribution in [2.24, 2.45) is 0 Å². The van der Waals surface area contributed by atoms with E-state index >= 15 is 0 Å². The van der Waals surface area contributed by atoms with Crippen molar-refractivity contribution in [1.29, 1.82) is 5.26 Å². The smallest absolute Gasteiger partial charge is 0.250 e. The molecule has 0 unspecified atom stereocenters. The molecule has 1 saturated heterocycles. The summed E-state index contributed by atoms with van der Waals surface area (Å²) in [5, 5.41) is 11.5. The number of sulfonamides is 1. The number of piperazine rings is 1. The maximum absolute atomic E-state index is 12.4. The molecule has 1 aliphatic heterocycles. The zero-order valence-electron chi connectivity index (χ0n) is 17.5. The molecule has 0 spiro atoms. The molecule has 2 aromatic rings. The fourth-order valence-electron chi connectivity index (χ4n) is 3.42. The summed E-state index contributed by atoms with van der Waals surface area (Å²) in [6.07, 6.45) is 1.95. The van der Waals surface area contributed by atoms with E-state index in [1.54, 1.807) is 13.2 Å². The van der Waals surface area contributed by atoms with Gasteiger partial charge >= 0.3 is 0 Å². The van der Waals surface area contributed by atoms with Crippen molar-refractivity contribution in [2.75, 3.05) is 58.4 Å². The standard InChI is InChI=1S/C22H28N4O3S/c1-25-9-11-26(12-10-25)21-7-6-19-14-18(4-5-20(19)16-21)15-22(17-23)30(27,28)24-8-3-13-29-2/h4-7,14-16,24H,3,8-13H2,1-2H3/b22-15+. The van der Waals surface area contributed by atoms with Crippen LogP contribution in [0.5, 0.6) is 0 Å². The predicted molar refractivity (Wildman–Crippen MR) is 121 cm³/mol. The van der Waals surface area contributed by atoms with Crippen molar-refractivity contribution in [3.8, 4) is 6.07 Å². The lowest BCUT2D eigenvalue weighted by Gasteiger charge is -2.34. The molecule has 1 fully saturated rings. The average molecular weight is 429 g/mol. The second-order valence-corrected chi connectivity index (χ2v) is 9.18. The second-order valence-electron chi connectivity index (χ2n) is 7.45. The number of anilines is 1. The third-order valence-corrected chi connectivity index (χ3v) is 6.60. The number of nitrogens with zero attached hydrogens (tertiary/aromatic N) is 3. The molecule has 0 atom stereocenters. The zero-order valence-corrected chi connectivity index (χ0v) is 18.3. The zero-order chi connectivity index (χ0) is 21.6. The first-order chi connectivity index (χ1) is 14.4. The minimum absolute atomic E-state index is 0.224. The van der Waals surface area contributed by atoms with Crippen molar-refractivity contribution in [1.82, 2.24) is 9.62 Å². The number of allylic oxidation sites excluding steroid dienone is 1. The van der Waals surface area contributed by atoms with Crippen LogP contribution in [0.3, 0.4) is 0 Å². The Kier molecular flexibility index (Phi) is 7.45. The summed E-state index contributed by atoms with van der Waals surface area (Å²) in [7, 11) is -0.151. The van der Waals surface area contributed by atoms with Gasteiger partial charge in [0.25, 0.3) is 10.0 Å². The van der Waals surface area contributed by atoms with Crippen LogP contribution in [0.4, 0.5) is 5.69 Å². The van der Waals surface area contributed by atoms with E-state index in [1.807, 2.05) is 24.3 Å². The van der Waals surface area contributed by atoms with E-state index in [2.05, 4.69) is 33.7 Å². The highest BCUT2D eigenvalue weighted by Gasteiger charge is 2.17. The van der Waals surface area contributed by atoms with Crippen LogP contribution < -0.4 is 9.62 Å². The molecule has 0 saturated carbocycles. The normalized spacial score (nSPS) is 16.0. The monoisotopic (exact) mass is 428 g/mol.